The number of carboxylic acid groups (broad SMARTS) is 1. The lowest BCUT2D eigenvalue weighted by atomic mass is 10.2. The minimum absolute atomic E-state index is 0.101. The molecule has 1 amide bonds. The Morgan fingerprint density at radius 3 is 2.69 bits per heavy atom. The molecule has 1 aromatic carbocycles. The fraction of sp³-hybridized carbons (Fsp3) is 0.200. The third-order valence-corrected chi connectivity index (χ3v) is 2.57. The van der Waals surface area contributed by atoms with Crippen molar-refractivity contribution in [1.82, 2.24) is 4.90 Å². The van der Waals surface area contributed by atoms with Crippen LogP contribution in [0.15, 0.2) is 22.7 Å². The van der Waals surface area contributed by atoms with E-state index in [1.54, 1.807) is 0 Å². The Hall–Kier alpha value is -1.43. The Morgan fingerprint density at radius 1 is 1.50 bits per heavy atom. The van der Waals surface area contributed by atoms with Crippen molar-refractivity contribution in [2.45, 2.75) is 0 Å². The number of hydrogen-bond acceptors (Lipinski definition) is 2. The average Bonchev–Trinajstić information content (AvgIpc) is 2.19. The van der Waals surface area contributed by atoms with Crippen LogP contribution in [-0.4, -0.2) is 35.5 Å². The quantitative estimate of drug-likeness (QED) is 0.922. The Bertz CT molecular complexity index is 436. The molecule has 0 bridgehead atoms. The number of aliphatic carboxylic acids is 1. The lowest BCUT2D eigenvalue weighted by Crippen LogP contribution is -2.32. The van der Waals surface area contributed by atoms with Gasteiger partial charge in [0.05, 0.1) is 5.56 Å². The summed E-state index contributed by atoms with van der Waals surface area (Å²) in [6.07, 6.45) is 0. The third kappa shape index (κ3) is 3.03. The van der Waals surface area contributed by atoms with Crippen LogP contribution in [0, 0.1) is 5.82 Å². The zero-order chi connectivity index (χ0) is 12.3. The van der Waals surface area contributed by atoms with Crippen molar-refractivity contribution < 1.29 is 19.1 Å². The van der Waals surface area contributed by atoms with E-state index in [-0.39, 0.29) is 5.56 Å². The molecule has 16 heavy (non-hydrogen) atoms. The van der Waals surface area contributed by atoms with Crippen LogP contribution in [-0.2, 0) is 4.79 Å². The van der Waals surface area contributed by atoms with E-state index in [9.17, 15) is 14.0 Å². The molecule has 6 heteroatoms. The molecule has 0 aliphatic carbocycles. The number of nitrogens with zero attached hydrogens (tertiary/aromatic N) is 1. The van der Waals surface area contributed by atoms with E-state index >= 15 is 0 Å². The Kier molecular flexibility index (Phi) is 4.00. The molecule has 0 radical (unpaired) electrons. The normalized spacial score (nSPS) is 9.94. The van der Waals surface area contributed by atoms with Crippen LogP contribution in [0.3, 0.4) is 0 Å². The van der Waals surface area contributed by atoms with E-state index in [1.165, 1.54) is 19.2 Å². The molecule has 0 spiro atoms. The summed E-state index contributed by atoms with van der Waals surface area (Å²) in [6, 6.07) is 3.67. The highest BCUT2D eigenvalue weighted by atomic mass is 79.9. The summed E-state index contributed by atoms with van der Waals surface area (Å²) >= 11 is 3.10. The van der Waals surface area contributed by atoms with Gasteiger partial charge in [0.15, 0.2) is 0 Å². The first-order chi connectivity index (χ1) is 7.41. The van der Waals surface area contributed by atoms with Gasteiger partial charge in [-0.15, -0.1) is 0 Å². The molecule has 0 unspecified atom stereocenters. The van der Waals surface area contributed by atoms with Gasteiger partial charge in [0.25, 0.3) is 5.91 Å². The maximum Gasteiger partial charge on any atom is 0.323 e. The van der Waals surface area contributed by atoms with Gasteiger partial charge in [-0.25, -0.2) is 4.39 Å². The van der Waals surface area contributed by atoms with Gasteiger partial charge in [-0.2, -0.15) is 0 Å². The van der Waals surface area contributed by atoms with Gasteiger partial charge in [-0.3, -0.25) is 9.59 Å². The van der Waals surface area contributed by atoms with Crippen LogP contribution < -0.4 is 0 Å². The first kappa shape index (κ1) is 12.6. The molecule has 0 saturated heterocycles. The van der Waals surface area contributed by atoms with E-state index in [1.807, 2.05) is 0 Å². The van der Waals surface area contributed by atoms with Crippen molar-refractivity contribution >= 4 is 27.8 Å². The molecule has 0 heterocycles. The molecule has 0 saturated carbocycles. The fourth-order valence-corrected chi connectivity index (χ4v) is 1.56. The number of benzene rings is 1. The number of amides is 1. The maximum atomic E-state index is 12.9. The second-order valence-corrected chi connectivity index (χ2v) is 4.03. The number of carboxylic acids is 1. The SMILES string of the molecule is CN(CC(=O)O)C(=O)c1cc(F)ccc1Br. The fourth-order valence-electron chi connectivity index (χ4n) is 1.14. The van der Waals surface area contributed by atoms with Crippen molar-refractivity contribution in [3.63, 3.8) is 0 Å². The van der Waals surface area contributed by atoms with Crippen LogP contribution in [0.25, 0.3) is 0 Å². The second-order valence-electron chi connectivity index (χ2n) is 3.18. The molecule has 0 aliphatic rings. The predicted molar refractivity (Wildman–Crippen MR) is 58.7 cm³/mol. The smallest absolute Gasteiger partial charge is 0.323 e. The van der Waals surface area contributed by atoms with Gasteiger partial charge in [0.1, 0.15) is 12.4 Å². The molecule has 0 aromatic heterocycles. The molecule has 1 N–H and O–H groups in total. The Balaban J connectivity index is 2.95. The standard InChI is InChI=1S/C10H9BrFNO3/c1-13(5-9(14)15)10(16)7-4-6(12)2-3-8(7)11/h2-4H,5H2,1H3,(H,14,15). The molecule has 1 aromatic rings. The maximum absolute atomic E-state index is 12.9. The minimum Gasteiger partial charge on any atom is -0.480 e. The second kappa shape index (κ2) is 5.07. The summed E-state index contributed by atoms with van der Waals surface area (Å²) < 4.78 is 13.4. The van der Waals surface area contributed by atoms with Crippen LogP contribution in [0.5, 0.6) is 0 Å². The molecular formula is C10H9BrFNO3. The lowest BCUT2D eigenvalue weighted by molar-refractivity contribution is -0.137. The lowest BCUT2D eigenvalue weighted by Gasteiger charge is -2.15. The highest BCUT2D eigenvalue weighted by molar-refractivity contribution is 9.10. The summed E-state index contributed by atoms with van der Waals surface area (Å²) in [7, 11) is 1.34. The van der Waals surface area contributed by atoms with Crippen molar-refractivity contribution in [3.05, 3.63) is 34.1 Å². The van der Waals surface area contributed by atoms with E-state index < -0.39 is 24.2 Å². The van der Waals surface area contributed by atoms with Gasteiger partial charge in [0, 0.05) is 11.5 Å². The molecular weight excluding hydrogens is 281 g/mol. The van der Waals surface area contributed by atoms with Crippen molar-refractivity contribution in [1.29, 1.82) is 0 Å². The first-order valence-corrected chi connectivity index (χ1v) is 5.13. The largest absolute Gasteiger partial charge is 0.480 e. The van der Waals surface area contributed by atoms with E-state index in [4.69, 9.17) is 5.11 Å². The first-order valence-electron chi connectivity index (χ1n) is 4.34. The average molecular weight is 290 g/mol. The third-order valence-electron chi connectivity index (χ3n) is 1.88. The number of likely N-dealkylation sites (N-methyl/N-ethyl adjacent to an activating group) is 1. The van der Waals surface area contributed by atoms with E-state index in [0.717, 1.165) is 11.0 Å². The number of carbonyl (C=O) groups excluding carboxylic acids is 1. The summed E-state index contributed by atoms with van der Waals surface area (Å²) in [5.41, 5.74) is 0.101. The number of rotatable bonds is 3. The van der Waals surface area contributed by atoms with Crippen LogP contribution >= 0.6 is 15.9 Å². The minimum atomic E-state index is -1.12. The van der Waals surface area contributed by atoms with Crippen LogP contribution in [0.4, 0.5) is 4.39 Å². The Morgan fingerprint density at radius 2 is 2.12 bits per heavy atom. The molecule has 4 nitrogen and oxygen atoms in total. The van der Waals surface area contributed by atoms with Crippen molar-refractivity contribution in [3.8, 4) is 0 Å². The summed E-state index contributed by atoms with van der Waals surface area (Å²) in [6.45, 7) is -0.429. The topological polar surface area (TPSA) is 57.6 Å². The van der Waals surface area contributed by atoms with Crippen molar-refractivity contribution in [2.24, 2.45) is 0 Å². The number of hydrogen-bond donors (Lipinski definition) is 1. The van der Waals surface area contributed by atoms with Gasteiger partial charge < -0.3 is 10.0 Å². The number of carbonyl (C=O) groups is 2. The molecule has 0 aliphatic heterocycles. The molecule has 0 atom stereocenters. The predicted octanol–water partition coefficient (Wildman–Crippen LogP) is 1.74. The summed E-state index contributed by atoms with van der Waals surface area (Å²) in [5.74, 6) is -2.22. The van der Waals surface area contributed by atoms with Crippen LogP contribution in [0.1, 0.15) is 10.4 Å². The summed E-state index contributed by atoms with van der Waals surface area (Å²) in [5, 5.41) is 8.52. The number of halogens is 2. The van der Waals surface area contributed by atoms with Gasteiger partial charge in [-0.1, -0.05) is 0 Å². The molecule has 1 rings (SSSR count). The van der Waals surface area contributed by atoms with Crippen molar-refractivity contribution in [2.75, 3.05) is 13.6 Å². The molecule has 0 fully saturated rings. The van der Waals surface area contributed by atoms with Gasteiger partial charge >= 0.3 is 5.97 Å². The van der Waals surface area contributed by atoms with E-state index in [0.29, 0.717) is 4.47 Å². The highest BCUT2D eigenvalue weighted by Gasteiger charge is 2.17. The molecule has 86 valence electrons. The van der Waals surface area contributed by atoms with E-state index in [2.05, 4.69) is 15.9 Å². The zero-order valence-electron chi connectivity index (χ0n) is 8.41. The Labute approximate surface area is 99.8 Å². The highest BCUT2D eigenvalue weighted by Crippen LogP contribution is 2.19. The van der Waals surface area contributed by atoms with Gasteiger partial charge in [0.2, 0.25) is 0 Å². The van der Waals surface area contributed by atoms with Crippen LogP contribution in [0.2, 0.25) is 0 Å². The zero-order valence-corrected chi connectivity index (χ0v) is 9.99. The summed E-state index contributed by atoms with van der Waals surface area (Å²) in [4.78, 5) is 23.1. The van der Waals surface area contributed by atoms with Gasteiger partial charge in [-0.05, 0) is 34.1 Å². The monoisotopic (exact) mass is 289 g/mol.